The Labute approximate surface area is 152 Å². The third-order valence-corrected chi connectivity index (χ3v) is 3.89. The summed E-state index contributed by atoms with van der Waals surface area (Å²) in [5.41, 5.74) is 1.06. The summed E-state index contributed by atoms with van der Waals surface area (Å²) >= 11 is 0. The summed E-state index contributed by atoms with van der Waals surface area (Å²) in [5, 5.41) is 0. The minimum absolute atomic E-state index is 0. The number of aromatic nitrogens is 3. The molecule has 2 aromatic heterocycles. The Kier molecular flexibility index (Phi) is 6.20. The van der Waals surface area contributed by atoms with Gasteiger partial charge in [-0.2, -0.15) is 0 Å². The van der Waals surface area contributed by atoms with Crippen molar-refractivity contribution < 1.29 is 13.5 Å². The van der Waals surface area contributed by atoms with Crippen LogP contribution in [0, 0.1) is 12.7 Å². The molecule has 0 bridgehead atoms. The number of ether oxygens (including phenoxy) is 1. The van der Waals surface area contributed by atoms with Crippen LogP contribution in [0.5, 0.6) is 5.75 Å². The van der Waals surface area contributed by atoms with Gasteiger partial charge in [-0.25, -0.2) is 14.4 Å². The van der Waals surface area contributed by atoms with E-state index >= 15 is 0 Å². The summed E-state index contributed by atoms with van der Waals surface area (Å²) in [6, 6.07) is 4.50. The fourth-order valence-corrected chi connectivity index (χ4v) is 2.58. The molecule has 0 spiro atoms. The molecule has 0 aliphatic rings. The van der Waals surface area contributed by atoms with Crippen LogP contribution >= 0.6 is 12.4 Å². The molecule has 0 N–H and O–H groups in total. The summed E-state index contributed by atoms with van der Waals surface area (Å²) < 4.78 is 27.0. The van der Waals surface area contributed by atoms with Gasteiger partial charge in [-0.05, 0) is 31.5 Å². The number of nitrogens with zero attached hydrogens (tertiary/aromatic N) is 3. The van der Waals surface area contributed by atoms with Crippen LogP contribution in [-0.2, 0) is 13.0 Å². The van der Waals surface area contributed by atoms with Crippen molar-refractivity contribution in [3.05, 3.63) is 53.7 Å². The molecule has 3 aromatic rings. The molecule has 2 heterocycles. The second kappa shape index (κ2) is 8.16. The second-order valence-corrected chi connectivity index (χ2v) is 5.59. The molecule has 0 saturated heterocycles. The highest BCUT2D eigenvalue weighted by atomic mass is 35.5. The molecule has 25 heavy (non-hydrogen) atoms. The van der Waals surface area contributed by atoms with Crippen LogP contribution in [0.1, 0.15) is 30.6 Å². The van der Waals surface area contributed by atoms with Crippen molar-refractivity contribution in [3.63, 3.8) is 0 Å². The Hall–Kier alpha value is -2.34. The van der Waals surface area contributed by atoms with E-state index in [0.29, 0.717) is 23.6 Å². The van der Waals surface area contributed by atoms with E-state index in [9.17, 15) is 4.39 Å². The lowest BCUT2D eigenvalue weighted by Crippen LogP contribution is -2.05. The largest absolute Gasteiger partial charge is 0.497 e. The van der Waals surface area contributed by atoms with E-state index in [2.05, 4.69) is 16.9 Å². The lowest BCUT2D eigenvalue weighted by Gasteiger charge is -2.05. The van der Waals surface area contributed by atoms with E-state index in [4.69, 9.17) is 9.15 Å². The number of hydrogen-bond acceptors (Lipinski definition) is 4. The molecule has 0 aliphatic carbocycles. The molecule has 7 heteroatoms. The molecule has 134 valence electrons. The summed E-state index contributed by atoms with van der Waals surface area (Å²) in [6.07, 6.45) is 5.63. The van der Waals surface area contributed by atoms with Gasteiger partial charge in [-0.15, -0.1) is 12.4 Å². The molecule has 0 fully saturated rings. The van der Waals surface area contributed by atoms with Crippen molar-refractivity contribution in [1.82, 2.24) is 14.5 Å². The van der Waals surface area contributed by atoms with Gasteiger partial charge in [0.15, 0.2) is 0 Å². The fourth-order valence-electron chi connectivity index (χ4n) is 2.58. The molecular weight excluding hydrogens is 345 g/mol. The van der Waals surface area contributed by atoms with Gasteiger partial charge in [0.25, 0.3) is 0 Å². The van der Waals surface area contributed by atoms with Crippen LogP contribution in [-0.4, -0.2) is 21.6 Å². The van der Waals surface area contributed by atoms with Crippen LogP contribution in [0.2, 0.25) is 0 Å². The van der Waals surface area contributed by atoms with Gasteiger partial charge in [0, 0.05) is 18.8 Å². The van der Waals surface area contributed by atoms with Crippen molar-refractivity contribution in [2.45, 2.75) is 33.2 Å². The predicted molar refractivity (Wildman–Crippen MR) is 95.8 cm³/mol. The number of oxazole rings is 1. The van der Waals surface area contributed by atoms with Gasteiger partial charge >= 0.3 is 0 Å². The Morgan fingerprint density at radius 3 is 2.84 bits per heavy atom. The van der Waals surface area contributed by atoms with Crippen LogP contribution in [0.3, 0.4) is 0 Å². The summed E-state index contributed by atoms with van der Waals surface area (Å²) in [6.45, 7) is 4.50. The molecular formula is C18H21ClFN3O2. The van der Waals surface area contributed by atoms with Crippen LogP contribution < -0.4 is 4.74 Å². The number of methoxy groups -OCH3 is 1. The number of hydrogen-bond donors (Lipinski definition) is 0. The number of benzene rings is 1. The third kappa shape index (κ3) is 4.02. The lowest BCUT2D eigenvalue weighted by molar-refractivity contribution is 0.413. The first-order valence-electron chi connectivity index (χ1n) is 7.92. The van der Waals surface area contributed by atoms with E-state index in [0.717, 1.165) is 24.4 Å². The van der Waals surface area contributed by atoms with Gasteiger partial charge in [-0.1, -0.05) is 6.92 Å². The highest BCUT2D eigenvalue weighted by molar-refractivity contribution is 5.85. The Morgan fingerprint density at radius 2 is 2.12 bits per heavy atom. The van der Waals surface area contributed by atoms with Crippen LogP contribution in [0.25, 0.3) is 11.5 Å². The zero-order valence-corrected chi connectivity index (χ0v) is 15.3. The molecule has 0 amide bonds. The average Bonchev–Trinajstić information content (AvgIpc) is 3.16. The van der Waals surface area contributed by atoms with Crippen molar-refractivity contribution >= 4 is 12.4 Å². The quantitative estimate of drug-likeness (QED) is 0.649. The fraction of sp³-hybridized carbons (Fsp3) is 0.333. The average molecular weight is 366 g/mol. The summed E-state index contributed by atoms with van der Waals surface area (Å²) in [5.74, 6) is 2.11. The van der Waals surface area contributed by atoms with Crippen molar-refractivity contribution in [2.24, 2.45) is 0 Å². The molecule has 0 atom stereocenters. The summed E-state index contributed by atoms with van der Waals surface area (Å²) in [7, 11) is 1.54. The van der Waals surface area contributed by atoms with E-state index in [1.165, 1.54) is 13.2 Å². The van der Waals surface area contributed by atoms with E-state index < -0.39 is 5.82 Å². The Balaban J connectivity index is 0.00000225. The zero-order chi connectivity index (χ0) is 17.1. The zero-order valence-electron chi connectivity index (χ0n) is 14.5. The molecule has 1 aromatic carbocycles. The van der Waals surface area contributed by atoms with Crippen LogP contribution in [0.4, 0.5) is 4.39 Å². The molecule has 0 unspecified atom stereocenters. The van der Waals surface area contributed by atoms with Crippen molar-refractivity contribution in [2.75, 3.05) is 7.11 Å². The smallest absolute Gasteiger partial charge is 0.229 e. The SMILES string of the molecule is CCCc1nccn1Cc1nc(-c2cc(OC)ccc2F)oc1C.Cl. The first-order valence-corrected chi connectivity index (χ1v) is 7.92. The third-order valence-electron chi connectivity index (χ3n) is 3.89. The number of aryl methyl sites for hydroxylation is 2. The Bertz CT molecular complexity index is 845. The highest BCUT2D eigenvalue weighted by Gasteiger charge is 2.17. The van der Waals surface area contributed by atoms with E-state index in [1.54, 1.807) is 18.3 Å². The maximum atomic E-state index is 14.1. The minimum Gasteiger partial charge on any atom is -0.497 e. The van der Waals surface area contributed by atoms with E-state index in [1.807, 2.05) is 17.7 Å². The van der Waals surface area contributed by atoms with E-state index in [-0.39, 0.29) is 18.3 Å². The molecule has 5 nitrogen and oxygen atoms in total. The monoisotopic (exact) mass is 365 g/mol. The van der Waals surface area contributed by atoms with Gasteiger partial charge in [0.05, 0.1) is 19.2 Å². The Morgan fingerprint density at radius 1 is 1.32 bits per heavy atom. The molecule has 0 radical (unpaired) electrons. The minimum atomic E-state index is -0.391. The maximum Gasteiger partial charge on any atom is 0.229 e. The predicted octanol–water partition coefficient (Wildman–Crippen LogP) is 4.42. The standard InChI is InChI=1S/C18H20FN3O2.ClH/c1-4-5-17-20-8-9-22(17)11-16-12(2)24-18(21-16)14-10-13(23-3)6-7-15(14)19;/h6-10H,4-5,11H2,1-3H3;1H. The van der Waals surface area contributed by atoms with Crippen molar-refractivity contribution in [3.8, 4) is 17.2 Å². The first kappa shape index (κ1) is 19.0. The molecule has 0 aliphatic heterocycles. The molecule has 3 rings (SSSR count). The number of imidazole rings is 1. The normalized spacial score (nSPS) is 10.6. The topological polar surface area (TPSA) is 53.1 Å². The lowest BCUT2D eigenvalue weighted by atomic mass is 10.2. The van der Waals surface area contributed by atoms with Gasteiger partial charge in [0.2, 0.25) is 5.89 Å². The number of rotatable bonds is 6. The van der Waals surface area contributed by atoms with Crippen LogP contribution in [0.15, 0.2) is 35.0 Å². The van der Waals surface area contributed by atoms with Gasteiger partial charge in [0.1, 0.15) is 28.8 Å². The number of halogens is 2. The molecule has 0 saturated carbocycles. The second-order valence-electron chi connectivity index (χ2n) is 5.59. The highest BCUT2D eigenvalue weighted by Crippen LogP contribution is 2.28. The first-order chi connectivity index (χ1) is 11.6. The van der Waals surface area contributed by atoms with Crippen molar-refractivity contribution in [1.29, 1.82) is 0 Å². The maximum absolute atomic E-state index is 14.1. The van der Waals surface area contributed by atoms with Gasteiger partial charge < -0.3 is 13.7 Å². The van der Waals surface area contributed by atoms with Gasteiger partial charge in [-0.3, -0.25) is 0 Å². The summed E-state index contributed by atoms with van der Waals surface area (Å²) in [4.78, 5) is 8.84.